The number of anilines is 1. The van der Waals surface area contributed by atoms with Crippen LogP contribution < -0.4 is 10.1 Å². The molecule has 0 saturated heterocycles. The van der Waals surface area contributed by atoms with E-state index in [2.05, 4.69) is 15.2 Å². The number of carbonyl (C=O) groups excluding carboxylic acids is 1. The maximum Gasteiger partial charge on any atom is 0.387 e. The fourth-order valence-corrected chi connectivity index (χ4v) is 3.49. The molecule has 0 spiro atoms. The van der Waals surface area contributed by atoms with E-state index in [0.717, 1.165) is 16.8 Å². The lowest BCUT2D eigenvalue weighted by atomic mass is 9.90. The van der Waals surface area contributed by atoms with Crippen LogP contribution in [0.15, 0.2) is 84.0 Å². The van der Waals surface area contributed by atoms with Crippen molar-refractivity contribution in [2.75, 3.05) is 11.9 Å². The first-order chi connectivity index (χ1) is 15.0. The number of benzene rings is 3. The van der Waals surface area contributed by atoms with E-state index in [1.54, 1.807) is 36.4 Å². The van der Waals surface area contributed by atoms with Crippen LogP contribution >= 0.6 is 11.6 Å². The monoisotopic (exact) mass is 441 g/mol. The van der Waals surface area contributed by atoms with Crippen LogP contribution in [-0.2, 0) is 0 Å². The molecule has 0 bridgehead atoms. The molecule has 158 valence electrons. The average molecular weight is 442 g/mol. The Morgan fingerprint density at radius 2 is 1.71 bits per heavy atom. The number of amides is 2. The van der Waals surface area contributed by atoms with Crippen LogP contribution in [0.25, 0.3) is 0 Å². The summed E-state index contributed by atoms with van der Waals surface area (Å²) in [6.45, 7) is -2.58. The minimum Gasteiger partial charge on any atom is -0.435 e. The molecule has 3 aromatic carbocycles. The summed E-state index contributed by atoms with van der Waals surface area (Å²) in [5, 5.41) is 9.30. The normalized spacial score (nSPS) is 15.7. The number of alkyl halides is 2. The summed E-state index contributed by atoms with van der Waals surface area (Å²) >= 11 is 5.89. The van der Waals surface area contributed by atoms with E-state index in [-0.39, 0.29) is 17.7 Å². The van der Waals surface area contributed by atoms with Crippen molar-refractivity contribution >= 4 is 29.0 Å². The highest BCUT2D eigenvalue weighted by Gasteiger charge is 2.32. The lowest BCUT2D eigenvalue weighted by molar-refractivity contribution is -0.0498. The molecule has 1 aliphatic rings. The molecule has 0 fully saturated rings. The van der Waals surface area contributed by atoms with Crippen molar-refractivity contribution in [3.63, 3.8) is 0 Å². The van der Waals surface area contributed by atoms with Gasteiger partial charge in [-0.25, -0.2) is 9.80 Å². The molecule has 0 saturated carbocycles. The number of nitrogens with one attached hydrogen (secondary N) is 1. The lowest BCUT2D eigenvalue weighted by Gasteiger charge is -2.16. The van der Waals surface area contributed by atoms with E-state index in [0.29, 0.717) is 17.3 Å². The molecule has 4 rings (SSSR count). The Hall–Kier alpha value is -3.45. The summed E-state index contributed by atoms with van der Waals surface area (Å²) in [5.41, 5.74) is 3.03. The van der Waals surface area contributed by atoms with Crippen LogP contribution in [0.2, 0.25) is 5.02 Å². The summed E-state index contributed by atoms with van der Waals surface area (Å²) in [5.74, 6) is -0.147. The van der Waals surface area contributed by atoms with Gasteiger partial charge in [0, 0.05) is 16.6 Å². The number of nitrogens with zero attached hydrogens (tertiary/aromatic N) is 2. The Morgan fingerprint density at radius 3 is 2.35 bits per heavy atom. The zero-order chi connectivity index (χ0) is 21.8. The number of carbonyl (C=O) groups is 1. The predicted octanol–water partition coefficient (Wildman–Crippen LogP) is 5.98. The van der Waals surface area contributed by atoms with Crippen LogP contribution in [0.5, 0.6) is 5.75 Å². The molecule has 2 amide bonds. The number of hydrogen-bond donors (Lipinski definition) is 1. The Kier molecular flexibility index (Phi) is 6.13. The van der Waals surface area contributed by atoms with Gasteiger partial charge in [-0.15, -0.1) is 0 Å². The van der Waals surface area contributed by atoms with Gasteiger partial charge in [-0.2, -0.15) is 13.9 Å². The lowest BCUT2D eigenvalue weighted by Crippen LogP contribution is -2.30. The van der Waals surface area contributed by atoms with E-state index in [9.17, 15) is 13.6 Å². The van der Waals surface area contributed by atoms with Gasteiger partial charge in [0.2, 0.25) is 0 Å². The maximum atomic E-state index is 12.8. The molecule has 5 nitrogen and oxygen atoms in total. The standard InChI is InChI=1S/C23H18ClF2N3O2/c24-17-8-10-18(11-9-17)27-23(30)29-14-20(21(28-29)16-4-2-1-3-5-16)15-6-12-19(13-7-15)31-22(25)26/h1-13,20,22H,14H2,(H,27,30). The number of halogens is 3. The maximum absolute atomic E-state index is 12.8. The van der Waals surface area contributed by atoms with Gasteiger partial charge in [0.15, 0.2) is 0 Å². The molecule has 1 atom stereocenters. The van der Waals surface area contributed by atoms with E-state index < -0.39 is 6.61 Å². The first kappa shape index (κ1) is 20.8. The third kappa shape index (κ3) is 5.00. The van der Waals surface area contributed by atoms with Gasteiger partial charge in [-0.05, 0) is 47.5 Å². The molecule has 1 aliphatic heterocycles. The fraction of sp³-hybridized carbons (Fsp3) is 0.130. The van der Waals surface area contributed by atoms with Crippen molar-refractivity contribution in [1.29, 1.82) is 0 Å². The summed E-state index contributed by atoms with van der Waals surface area (Å²) in [7, 11) is 0. The van der Waals surface area contributed by atoms with E-state index in [1.807, 2.05) is 30.3 Å². The summed E-state index contributed by atoms with van der Waals surface area (Å²) in [4.78, 5) is 12.8. The van der Waals surface area contributed by atoms with Gasteiger partial charge >= 0.3 is 12.6 Å². The number of urea groups is 1. The van der Waals surface area contributed by atoms with Crippen molar-refractivity contribution in [3.8, 4) is 5.75 Å². The molecule has 1 unspecified atom stereocenters. The van der Waals surface area contributed by atoms with Crippen molar-refractivity contribution in [2.24, 2.45) is 5.10 Å². The zero-order valence-corrected chi connectivity index (χ0v) is 17.0. The third-order valence-electron chi connectivity index (χ3n) is 4.82. The van der Waals surface area contributed by atoms with Gasteiger partial charge in [0.1, 0.15) is 5.75 Å². The first-order valence-corrected chi connectivity index (χ1v) is 9.90. The molecule has 8 heteroatoms. The highest BCUT2D eigenvalue weighted by Crippen LogP contribution is 2.30. The second kappa shape index (κ2) is 9.14. The van der Waals surface area contributed by atoms with Crippen molar-refractivity contribution < 1.29 is 18.3 Å². The van der Waals surface area contributed by atoms with Gasteiger partial charge < -0.3 is 10.1 Å². The second-order valence-electron chi connectivity index (χ2n) is 6.87. The number of ether oxygens (including phenoxy) is 1. The topological polar surface area (TPSA) is 53.9 Å². The van der Waals surface area contributed by atoms with E-state index in [1.165, 1.54) is 17.1 Å². The molecular weight excluding hydrogens is 424 g/mol. The van der Waals surface area contributed by atoms with Gasteiger partial charge in [-0.3, -0.25) is 0 Å². The quantitative estimate of drug-likeness (QED) is 0.529. The molecule has 1 heterocycles. The fourth-order valence-electron chi connectivity index (χ4n) is 3.36. The summed E-state index contributed by atoms with van der Waals surface area (Å²) in [6.07, 6.45) is 0. The SMILES string of the molecule is O=C(Nc1ccc(Cl)cc1)N1CC(c2ccc(OC(F)F)cc2)C(c2ccccc2)=N1. The molecule has 0 aliphatic carbocycles. The van der Waals surface area contributed by atoms with E-state index >= 15 is 0 Å². The molecule has 1 N–H and O–H groups in total. The minimum absolute atomic E-state index is 0.0762. The van der Waals surface area contributed by atoms with Gasteiger partial charge in [-0.1, -0.05) is 54.1 Å². The van der Waals surface area contributed by atoms with Crippen LogP contribution in [0, 0.1) is 0 Å². The minimum atomic E-state index is -2.88. The first-order valence-electron chi connectivity index (χ1n) is 9.52. The zero-order valence-electron chi connectivity index (χ0n) is 16.2. The Labute approximate surface area is 182 Å². The van der Waals surface area contributed by atoms with Crippen LogP contribution in [0.1, 0.15) is 17.0 Å². The molecular formula is C23H18ClF2N3O2. The summed E-state index contributed by atoms with van der Waals surface area (Å²) < 4.78 is 29.3. The van der Waals surface area contributed by atoms with Crippen molar-refractivity contribution in [3.05, 3.63) is 95.0 Å². The van der Waals surface area contributed by atoms with Crippen LogP contribution in [0.3, 0.4) is 0 Å². The second-order valence-corrected chi connectivity index (χ2v) is 7.31. The third-order valence-corrected chi connectivity index (χ3v) is 5.07. The Balaban J connectivity index is 1.58. The highest BCUT2D eigenvalue weighted by atomic mass is 35.5. The van der Waals surface area contributed by atoms with Crippen molar-refractivity contribution in [1.82, 2.24) is 5.01 Å². The molecule has 31 heavy (non-hydrogen) atoms. The number of hydrogen-bond acceptors (Lipinski definition) is 3. The Bertz CT molecular complexity index is 1070. The summed E-state index contributed by atoms with van der Waals surface area (Å²) in [6, 6.07) is 22.3. The van der Waals surface area contributed by atoms with Crippen molar-refractivity contribution in [2.45, 2.75) is 12.5 Å². The van der Waals surface area contributed by atoms with Gasteiger partial charge in [0.05, 0.1) is 12.3 Å². The molecule has 0 radical (unpaired) electrons. The Morgan fingerprint density at radius 1 is 1.03 bits per heavy atom. The largest absolute Gasteiger partial charge is 0.435 e. The average Bonchev–Trinajstić information content (AvgIpc) is 3.22. The number of rotatable bonds is 5. The van der Waals surface area contributed by atoms with Gasteiger partial charge in [0.25, 0.3) is 0 Å². The van der Waals surface area contributed by atoms with E-state index in [4.69, 9.17) is 11.6 Å². The highest BCUT2D eigenvalue weighted by molar-refractivity contribution is 6.30. The van der Waals surface area contributed by atoms with Crippen LogP contribution in [0.4, 0.5) is 19.3 Å². The number of hydrazone groups is 1. The smallest absolute Gasteiger partial charge is 0.387 e. The molecule has 0 aromatic heterocycles. The van der Waals surface area contributed by atoms with Crippen LogP contribution in [-0.4, -0.2) is 29.9 Å². The predicted molar refractivity (Wildman–Crippen MR) is 116 cm³/mol. The molecule has 3 aromatic rings.